The van der Waals surface area contributed by atoms with Crippen LogP contribution in [-0.2, 0) is 6.18 Å². The van der Waals surface area contributed by atoms with Gasteiger partial charge in [-0.1, -0.05) is 0 Å². The van der Waals surface area contributed by atoms with E-state index < -0.39 is 17.8 Å². The van der Waals surface area contributed by atoms with Crippen LogP contribution in [0.2, 0.25) is 0 Å². The third-order valence-corrected chi connectivity index (χ3v) is 2.79. The van der Waals surface area contributed by atoms with Crippen molar-refractivity contribution < 1.29 is 18.0 Å². The lowest BCUT2D eigenvalue weighted by Crippen LogP contribution is -2.19. The van der Waals surface area contributed by atoms with E-state index in [-0.39, 0.29) is 17.0 Å². The molecule has 2 heterocycles. The molecule has 0 saturated carbocycles. The lowest BCUT2D eigenvalue weighted by atomic mass is 10.2. The van der Waals surface area contributed by atoms with E-state index in [0.717, 1.165) is 16.8 Å². The van der Waals surface area contributed by atoms with Crippen LogP contribution in [0, 0.1) is 6.07 Å². The molecule has 1 aromatic carbocycles. The number of imidazole rings is 1. The normalized spacial score (nSPS) is 12.0. The Bertz CT molecular complexity index is 833. The fourth-order valence-corrected chi connectivity index (χ4v) is 1.81. The number of nitrogens with one attached hydrogen (secondary N) is 1. The second-order valence-electron chi connectivity index (χ2n) is 4.22. The van der Waals surface area contributed by atoms with Crippen molar-refractivity contribution in [1.82, 2.24) is 19.7 Å². The van der Waals surface area contributed by atoms with Gasteiger partial charge in [-0.15, -0.1) is 0 Å². The number of hydrogen-bond donors (Lipinski definition) is 2. The summed E-state index contributed by atoms with van der Waals surface area (Å²) in [7, 11) is 0. The first-order valence-electron chi connectivity index (χ1n) is 5.69. The van der Waals surface area contributed by atoms with Crippen LogP contribution < -0.4 is 5.73 Å². The second-order valence-corrected chi connectivity index (χ2v) is 4.22. The maximum Gasteiger partial charge on any atom is 0.416 e. The minimum absolute atomic E-state index is 0.141. The third-order valence-electron chi connectivity index (χ3n) is 2.79. The molecule has 9 heteroatoms. The summed E-state index contributed by atoms with van der Waals surface area (Å²) in [6.45, 7) is 0. The Hall–Kier alpha value is -2.84. The number of carbonyl (C=O) groups excluding carboxylic acids is 1. The SMILES string of the molecule is NC(=O)n1c[c]c(-c2nc3cc(C(F)(F)F)ccc3[nH]2)n1. The number of H-pyrrole nitrogens is 1. The summed E-state index contributed by atoms with van der Waals surface area (Å²) in [5.41, 5.74) is 4.98. The maximum atomic E-state index is 12.6. The Morgan fingerprint density at radius 3 is 2.76 bits per heavy atom. The van der Waals surface area contributed by atoms with Crippen molar-refractivity contribution in [2.24, 2.45) is 5.73 Å². The van der Waals surface area contributed by atoms with E-state index in [1.54, 1.807) is 0 Å². The predicted molar refractivity (Wildman–Crippen MR) is 66.1 cm³/mol. The van der Waals surface area contributed by atoms with E-state index in [1.165, 1.54) is 12.3 Å². The number of aromatic amines is 1. The average molecular weight is 294 g/mol. The molecule has 107 valence electrons. The second kappa shape index (κ2) is 4.33. The summed E-state index contributed by atoms with van der Waals surface area (Å²) in [6.07, 6.45) is -3.22. The van der Waals surface area contributed by atoms with Crippen molar-refractivity contribution in [3.05, 3.63) is 36.0 Å². The lowest BCUT2D eigenvalue weighted by molar-refractivity contribution is -0.137. The molecule has 1 amide bonds. The molecule has 0 aliphatic rings. The summed E-state index contributed by atoms with van der Waals surface area (Å²) in [5, 5.41) is 3.82. The number of nitrogens with two attached hydrogens (primary N) is 1. The maximum absolute atomic E-state index is 12.6. The number of carbonyl (C=O) groups is 1. The van der Waals surface area contributed by atoms with Gasteiger partial charge in [0.1, 0.15) is 5.69 Å². The van der Waals surface area contributed by atoms with Crippen molar-refractivity contribution in [3.63, 3.8) is 0 Å². The summed E-state index contributed by atoms with van der Waals surface area (Å²) in [6, 6.07) is 5.01. The Balaban J connectivity index is 2.06. The minimum Gasteiger partial charge on any atom is -0.350 e. The number of amides is 1. The number of rotatable bonds is 1. The Morgan fingerprint density at radius 2 is 2.14 bits per heavy atom. The molecule has 2 aromatic heterocycles. The molecule has 0 fully saturated rings. The highest BCUT2D eigenvalue weighted by molar-refractivity contribution is 5.80. The Morgan fingerprint density at radius 1 is 1.38 bits per heavy atom. The zero-order valence-corrected chi connectivity index (χ0v) is 10.3. The van der Waals surface area contributed by atoms with Gasteiger partial charge in [0.05, 0.1) is 16.6 Å². The van der Waals surface area contributed by atoms with Crippen LogP contribution >= 0.6 is 0 Å². The van der Waals surface area contributed by atoms with Crippen molar-refractivity contribution in [2.75, 3.05) is 0 Å². The van der Waals surface area contributed by atoms with Crippen LogP contribution in [0.1, 0.15) is 5.56 Å². The zero-order valence-electron chi connectivity index (χ0n) is 10.3. The summed E-state index contributed by atoms with van der Waals surface area (Å²) in [4.78, 5) is 17.7. The molecule has 3 N–H and O–H groups in total. The minimum atomic E-state index is -4.44. The largest absolute Gasteiger partial charge is 0.416 e. The topological polar surface area (TPSA) is 89.6 Å². The van der Waals surface area contributed by atoms with E-state index in [2.05, 4.69) is 21.1 Å². The fourth-order valence-electron chi connectivity index (χ4n) is 1.81. The smallest absolute Gasteiger partial charge is 0.350 e. The molecule has 3 rings (SSSR count). The van der Waals surface area contributed by atoms with Gasteiger partial charge in [-0.2, -0.15) is 23.0 Å². The van der Waals surface area contributed by atoms with Gasteiger partial charge in [0.15, 0.2) is 5.82 Å². The zero-order chi connectivity index (χ0) is 15.2. The van der Waals surface area contributed by atoms with Crippen LogP contribution in [0.4, 0.5) is 18.0 Å². The number of alkyl halides is 3. The summed E-state index contributed by atoms with van der Waals surface area (Å²) >= 11 is 0. The Kier molecular flexibility index (Phi) is 2.71. The van der Waals surface area contributed by atoms with Crippen molar-refractivity contribution in [3.8, 4) is 11.5 Å². The van der Waals surface area contributed by atoms with E-state index in [4.69, 9.17) is 5.73 Å². The number of benzene rings is 1. The van der Waals surface area contributed by atoms with Crippen LogP contribution in [0.3, 0.4) is 0 Å². The monoisotopic (exact) mass is 294 g/mol. The van der Waals surface area contributed by atoms with E-state index in [9.17, 15) is 18.0 Å². The fraction of sp³-hybridized carbons (Fsp3) is 0.0833. The first-order chi connectivity index (χ1) is 9.84. The lowest BCUT2D eigenvalue weighted by Gasteiger charge is -2.04. The highest BCUT2D eigenvalue weighted by Gasteiger charge is 2.30. The first-order valence-corrected chi connectivity index (χ1v) is 5.69. The molecule has 6 nitrogen and oxygen atoms in total. The third kappa shape index (κ3) is 2.33. The molecular weight excluding hydrogens is 287 g/mol. The van der Waals surface area contributed by atoms with Gasteiger partial charge in [0.2, 0.25) is 0 Å². The molecule has 0 unspecified atom stereocenters. The molecule has 1 radical (unpaired) electrons. The number of hydrogen-bond acceptors (Lipinski definition) is 3. The van der Waals surface area contributed by atoms with Crippen LogP contribution in [0.5, 0.6) is 0 Å². The van der Waals surface area contributed by atoms with Gasteiger partial charge in [0.25, 0.3) is 0 Å². The molecule has 0 saturated heterocycles. The number of primary amides is 1. The number of nitrogens with zero attached hydrogens (tertiary/aromatic N) is 3. The van der Waals surface area contributed by atoms with E-state index >= 15 is 0 Å². The average Bonchev–Trinajstić information content (AvgIpc) is 3.03. The summed E-state index contributed by atoms with van der Waals surface area (Å²) in [5.74, 6) is 0.198. The van der Waals surface area contributed by atoms with Gasteiger partial charge in [-0.3, -0.25) is 0 Å². The van der Waals surface area contributed by atoms with E-state index in [1.807, 2.05) is 0 Å². The van der Waals surface area contributed by atoms with Crippen molar-refractivity contribution >= 4 is 17.1 Å². The molecule has 0 aliphatic carbocycles. The summed E-state index contributed by atoms with van der Waals surface area (Å²) < 4.78 is 38.7. The van der Waals surface area contributed by atoms with Crippen LogP contribution in [0.25, 0.3) is 22.6 Å². The Labute approximate surface area is 115 Å². The highest BCUT2D eigenvalue weighted by Crippen LogP contribution is 2.31. The molecule has 21 heavy (non-hydrogen) atoms. The van der Waals surface area contributed by atoms with Crippen LogP contribution in [-0.4, -0.2) is 25.8 Å². The highest BCUT2D eigenvalue weighted by atomic mass is 19.4. The van der Waals surface area contributed by atoms with Gasteiger partial charge in [-0.05, 0) is 18.2 Å². The van der Waals surface area contributed by atoms with Gasteiger partial charge < -0.3 is 10.7 Å². The van der Waals surface area contributed by atoms with Crippen molar-refractivity contribution in [1.29, 1.82) is 0 Å². The van der Waals surface area contributed by atoms with Gasteiger partial charge >= 0.3 is 12.2 Å². The standard InChI is InChI=1S/C12H7F3N5O/c13-12(14,15)6-1-2-7-9(5-6)18-10(17-7)8-3-4-20(19-8)11(16)21/h1-2,4-5H,(H2,16,21)(H,17,18). The van der Waals surface area contributed by atoms with Crippen molar-refractivity contribution in [2.45, 2.75) is 6.18 Å². The molecule has 0 spiro atoms. The molecule has 3 aromatic rings. The number of aromatic nitrogens is 4. The van der Waals surface area contributed by atoms with Gasteiger partial charge in [0, 0.05) is 12.3 Å². The van der Waals surface area contributed by atoms with Gasteiger partial charge in [-0.25, -0.2) is 9.78 Å². The molecule has 0 atom stereocenters. The predicted octanol–water partition coefficient (Wildman–Crippen LogP) is 2.17. The number of halogens is 3. The molecular formula is C12H7F3N5O. The number of fused-ring (bicyclic) bond motifs is 1. The van der Waals surface area contributed by atoms with Crippen LogP contribution in [0.15, 0.2) is 24.4 Å². The molecule has 0 aliphatic heterocycles. The first kappa shape index (κ1) is 13.2. The quantitative estimate of drug-likeness (QED) is 0.720. The molecule has 0 bridgehead atoms. The van der Waals surface area contributed by atoms with E-state index in [0.29, 0.717) is 5.52 Å².